The van der Waals surface area contributed by atoms with Crippen molar-refractivity contribution in [1.82, 2.24) is 4.31 Å². The maximum Gasteiger partial charge on any atom is 0.246 e. The Labute approximate surface area is 124 Å². The molecule has 1 aromatic carbocycles. The van der Waals surface area contributed by atoms with Crippen LogP contribution in [0.25, 0.3) is 0 Å². The molecule has 0 aromatic heterocycles. The van der Waals surface area contributed by atoms with Crippen molar-refractivity contribution in [2.45, 2.75) is 37.6 Å². The molecule has 0 saturated carbocycles. The molecule has 0 amide bonds. The molecule has 4 nitrogen and oxygen atoms in total. The van der Waals surface area contributed by atoms with Gasteiger partial charge in [0, 0.05) is 18.8 Å². The zero-order valence-electron chi connectivity index (χ0n) is 11.2. The van der Waals surface area contributed by atoms with E-state index in [0.29, 0.717) is 5.69 Å². The molecular formula is C12H18Cl2N2O2S. The van der Waals surface area contributed by atoms with Crippen LogP contribution in [0.5, 0.6) is 0 Å². The van der Waals surface area contributed by atoms with Gasteiger partial charge in [-0.2, -0.15) is 4.31 Å². The highest BCUT2D eigenvalue weighted by Gasteiger charge is 2.29. The van der Waals surface area contributed by atoms with Gasteiger partial charge in [-0.3, -0.25) is 0 Å². The molecule has 1 atom stereocenters. The van der Waals surface area contributed by atoms with Gasteiger partial charge >= 0.3 is 0 Å². The number of hydrogen-bond acceptors (Lipinski definition) is 3. The number of nitrogen functional groups attached to an aromatic ring is 1. The summed E-state index contributed by atoms with van der Waals surface area (Å²) in [6.45, 7) is 3.85. The van der Waals surface area contributed by atoms with E-state index in [4.69, 9.17) is 28.9 Å². The van der Waals surface area contributed by atoms with Crippen molar-refractivity contribution in [3.8, 4) is 0 Å². The van der Waals surface area contributed by atoms with Crippen LogP contribution in [0.2, 0.25) is 10.0 Å². The summed E-state index contributed by atoms with van der Waals surface area (Å²) in [5.41, 5.74) is 5.91. The number of benzene rings is 1. The summed E-state index contributed by atoms with van der Waals surface area (Å²) in [4.78, 5) is -0.0875. The van der Waals surface area contributed by atoms with Crippen LogP contribution in [0.3, 0.4) is 0 Å². The zero-order valence-corrected chi connectivity index (χ0v) is 13.5. The first-order valence-electron chi connectivity index (χ1n) is 5.94. The molecule has 1 unspecified atom stereocenters. The van der Waals surface area contributed by atoms with Crippen LogP contribution in [-0.2, 0) is 10.0 Å². The van der Waals surface area contributed by atoms with Crippen LogP contribution in [0.15, 0.2) is 17.0 Å². The van der Waals surface area contributed by atoms with Crippen molar-refractivity contribution in [1.29, 1.82) is 0 Å². The van der Waals surface area contributed by atoms with Crippen LogP contribution in [0.4, 0.5) is 5.69 Å². The highest BCUT2D eigenvalue weighted by molar-refractivity contribution is 7.89. The van der Waals surface area contributed by atoms with Crippen molar-refractivity contribution in [2.24, 2.45) is 0 Å². The van der Waals surface area contributed by atoms with Gasteiger partial charge in [0.1, 0.15) is 4.90 Å². The van der Waals surface area contributed by atoms with E-state index < -0.39 is 10.0 Å². The Morgan fingerprint density at radius 2 is 1.79 bits per heavy atom. The van der Waals surface area contributed by atoms with Gasteiger partial charge in [-0.25, -0.2) is 8.42 Å². The molecule has 2 N–H and O–H groups in total. The second-order valence-electron chi connectivity index (χ2n) is 4.47. The highest BCUT2D eigenvalue weighted by Crippen LogP contribution is 2.34. The van der Waals surface area contributed by atoms with Crippen LogP contribution < -0.4 is 5.73 Å². The average Bonchev–Trinajstić information content (AvgIpc) is 2.26. The Bertz CT molecular complexity index is 538. The van der Waals surface area contributed by atoms with E-state index in [1.165, 1.54) is 23.5 Å². The van der Waals surface area contributed by atoms with Gasteiger partial charge in [0.15, 0.2) is 0 Å². The number of anilines is 1. The number of nitrogens with two attached hydrogens (primary N) is 1. The minimum absolute atomic E-state index is 0.0422. The molecule has 1 aromatic rings. The molecule has 0 radical (unpaired) electrons. The third kappa shape index (κ3) is 3.54. The average molecular weight is 325 g/mol. The maximum atomic E-state index is 12.5. The SMILES string of the molecule is CCCC(C)N(C)S(=O)(=O)c1c(Cl)cc(N)cc1Cl. The van der Waals surface area contributed by atoms with E-state index in [1.54, 1.807) is 0 Å². The molecule has 0 bridgehead atoms. The molecule has 108 valence electrons. The van der Waals surface area contributed by atoms with E-state index in [1.807, 2.05) is 13.8 Å². The van der Waals surface area contributed by atoms with Crippen molar-refractivity contribution in [3.05, 3.63) is 22.2 Å². The van der Waals surface area contributed by atoms with Gasteiger partial charge < -0.3 is 5.73 Å². The quantitative estimate of drug-likeness (QED) is 0.844. The summed E-state index contributed by atoms with van der Waals surface area (Å²) in [5, 5.41) is 0.0843. The standard InChI is InChI=1S/C12H18Cl2N2O2S/c1-4-5-8(2)16(3)19(17,18)12-10(13)6-9(15)7-11(12)14/h6-8H,4-5,15H2,1-3H3. The molecule has 0 aliphatic rings. The lowest BCUT2D eigenvalue weighted by Crippen LogP contribution is -2.35. The number of halogens is 2. The number of rotatable bonds is 5. The fraction of sp³-hybridized carbons (Fsp3) is 0.500. The molecule has 7 heteroatoms. The van der Waals surface area contributed by atoms with Crippen LogP contribution >= 0.6 is 23.2 Å². The van der Waals surface area contributed by atoms with E-state index >= 15 is 0 Å². The Kier molecular flexibility index (Phi) is 5.50. The van der Waals surface area contributed by atoms with Crippen molar-refractivity contribution < 1.29 is 8.42 Å². The van der Waals surface area contributed by atoms with Gasteiger partial charge in [0.05, 0.1) is 10.0 Å². The van der Waals surface area contributed by atoms with Crippen LogP contribution in [0, 0.1) is 0 Å². The fourth-order valence-corrected chi connectivity index (χ4v) is 4.37. The molecule has 0 aliphatic carbocycles. The summed E-state index contributed by atoms with van der Waals surface area (Å²) >= 11 is 11.9. The second-order valence-corrected chi connectivity index (χ2v) is 7.22. The van der Waals surface area contributed by atoms with Crippen LogP contribution in [-0.4, -0.2) is 25.8 Å². The monoisotopic (exact) mass is 324 g/mol. The molecule has 1 rings (SSSR count). The molecule has 0 saturated heterocycles. The largest absolute Gasteiger partial charge is 0.399 e. The van der Waals surface area contributed by atoms with Crippen LogP contribution in [0.1, 0.15) is 26.7 Å². The predicted molar refractivity (Wildman–Crippen MR) is 80.2 cm³/mol. The first-order valence-corrected chi connectivity index (χ1v) is 8.14. The molecule has 0 spiro atoms. The second kappa shape index (κ2) is 6.31. The predicted octanol–water partition coefficient (Wildman–Crippen LogP) is 3.38. The number of hydrogen-bond donors (Lipinski definition) is 1. The normalized spacial score (nSPS) is 13.8. The van der Waals surface area contributed by atoms with E-state index in [-0.39, 0.29) is 21.0 Å². The first-order chi connectivity index (χ1) is 8.71. The Morgan fingerprint density at radius 3 is 2.21 bits per heavy atom. The smallest absolute Gasteiger partial charge is 0.246 e. The lowest BCUT2D eigenvalue weighted by atomic mass is 10.2. The highest BCUT2D eigenvalue weighted by atomic mass is 35.5. The van der Waals surface area contributed by atoms with E-state index in [9.17, 15) is 8.42 Å². The minimum atomic E-state index is -3.72. The minimum Gasteiger partial charge on any atom is -0.399 e. The Morgan fingerprint density at radius 1 is 1.32 bits per heavy atom. The molecule has 0 aliphatic heterocycles. The van der Waals surface area contributed by atoms with Crippen molar-refractivity contribution in [2.75, 3.05) is 12.8 Å². The molecular weight excluding hydrogens is 307 g/mol. The van der Waals surface area contributed by atoms with Gasteiger partial charge in [-0.1, -0.05) is 36.5 Å². The molecule has 0 heterocycles. The van der Waals surface area contributed by atoms with E-state index in [0.717, 1.165) is 12.8 Å². The Balaban J connectivity index is 3.28. The summed E-state index contributed by atoms with van der Waals surface area (Å²) in [6, 6.07) is 2.65. The number of nitrogens with zero attached hydrogens (tertiary/aromatic N) is 1. The van der Waals surface area contributed by atoms with Gasteiger partial charge in [-0.15, -0.1) is 0 Å². The topological polar surface area (TPSA) is 63.4 Å². The maximum absolute atomic E-state index is 12.5. The lowest BCUT2D eigenvalue weighted by molar-refractivity contribution is 0.369. The summed E-state index contributed by atoms with van der Waals surface area (Å²) in [7, 11) is -2.20. The van der Waals surface area contributed by atoms with Gasteiger partial charge in [0.25, 0.3) is 0 Å². The van der Waals surface area contributed by atoms with Crippen molar-refractivity contribution in [3.63, 3.8) is 0 Å². The third-order valence-corrected chi connectivity index (χ3v) is 5.88. The third-order valence-electron chi connectivity index (χ3n) is 2.98. The van der Waals surface area contributed by atoms with E-state index in [2.05, 4.69) is 0 Å². The number of sulfonamides is 1. The summed E-state index contributed by atoms with van der Waals surface area (Å²) in [5.74, 6) is 0. The fourth-order valence-electron chi connectivity index (χ4n) is 1.81. The van der Waals surface area contributed by atoms with Crippen molar-refractivity contribution >= 4 is 38.9 Å². The molecule has 0 fully saturated rings. The summed E-state index contributed by atoms with van der Waals surface area (Å²) < 4.78 is 26.3. The zero-order chi connectivity index (χ0) is 14.8. The Hall–Kier alpha value is -0.490. The van der Waals surface area contributed by atoms with Gasteiger partial charge in [-0.05, 0) is 25.5 Å². The first kappa shape index (κ1) is 16.6. The summed E-state index contributed by atoms with van der Waals surface area (Å²) in [6.07, 6.45) is 1.66. The lowest BCUT2D eigenvalue weighted by Gasteiger charge is -2.25. The molecule has 19 heavy (non-hydrogen) atoms. The van der Waals surface area contributed by atoms with Gasteiger partial charge in [0.2, 0.25) is 10.0 Å².